The lowest BCUT2D eigenvalue weighted by molar-refractivity contribution is -0.142. The van der Waals surface area contributed by atoms with Gasteiger partial charge < -0.3 is 9.64 Å². The highest BCUT2D eigenvalue weighted by Gasteiger charge is 2.45. The van der Waals surface area contributed by atoms with Gasteiger partial charge >= 0.3 is 0 Å². The number of carbonyl (C=O) groups excluding carboxylic acids is 1. The van der Waals surface area contributed by atoms with Gasteiger partial charge in [0.2, 0.25) is 5.91 Å². The number of amides is 1. The summed E-state index contributed by atoms with van der Waals surface area (Å²) in [5, 5.41) is 4.62. The van der Waals surface area contributed by atoms with Crippen LogP contribution < -0.4 is 0 Å². The van der Waals surface area contributed by atoms with E-state index in [0.717, 1.165) is 43.4 Å². The molecule has 126 valence electrons. The second-order valence-corrected chi connectivity index (χ2v) is 7.30. The Bertz CT molecular complexity index is 809. The minimum atomic E-state index is 0.132. The predicted molar refractivity (Wildman–Crippen MR) is 87.6 cm³/mol. The Balaban J connectivity index is 1.53. The van der Waals surface area contributed by atoms with Gasteiger partial charge in [-0.1, -0.05) is 0 Å². The quantitative estimate of drug-likeness (QED) is 0.805. The molecule has 5 heterocycles. The van der Waals surface area contributed by atoms with Crippen LogP contribution in [0.3, 0.4) is 0 Å². The van der Waals surface area contributed by atoms with E-state index < -0.39 is 0 Å². The van der Waals surface area contributed by atoms with Gasteiger partial charge in [-0.3, -0.25) is 4.79 Å². The van der Waals surface area contributed by atoms with Gasteiger partial charge in [-0.15, -0.1) is 0 Å². The third-order valence-electron chi connectivity index (χ3n) is 5.85. The van der Waals surface area contributed by atoms with Crippen LogP contribution in [0.1, 0.15) is 48.7 Å². The first-order chi connectivity index (χ1) is 11.7. The number of nitrogens with zero attached hydrogens (tertiary/aromatic N) is 4. The third-order valence-corrected chi connectivity index (χ3v) is 5.85. The normalized spacial score (nSPS) is 26.8. The molecule has 0 saturated carbocycles. The minimum absolute atomic E-state index is 0.132. The van der Waals surface area contributed by atoms with Crippen LogP contribution in [0, 0.1) is 12.8 Å². The highest BCUT2D eigenvalue weighted by molar-refractivity contribution is 5.80. The van der Waals surface area contributed by atoms with Crippen molar-refractivity contribution in [3.05, 3.63) is 29.2 Å². The summed E-state index contributed by atoms with van der Waals surface area (Å²) in [6.45, 7) is 3.43. The largest absolute Gasteiger partial charge is 0.381 e. The molecule has 0 radical (unpaired) electrons. The van der Waals surface area contributed by atoms with Crippen molar-refractivity contribution in [1.82, 2.24) is 19.5 Å². The summed E-state index contributed by atoms with van der Waals surface area (Å²) in [5.74, 6) is 0.459. The van der Waals surface area contributed by atoms with Crippen LogP contribution in [-0.4, -0.2) is 44.7 Å². The number of aromatic nitrogens is 3. The van der Waals surface area contributed by atoms with Crippen molar-refractivity contribution in [2.75, 3.05) is 13.2 Å². The van der Waals surface area contributed by atoms with Gasteiger partial charge in [0.05, 0.1) is 17.4 Å². The fourth-order valence-electron chi connectivity index (χ4n) is 4.69. The highest BCUT2D eigenvalue weighted by Crippen LogP contribution is 2.44. The standard InChI is InChI=1S/C18H22N4O2/c1-11-8-17-19-10-14-15-3-2-13(9-16(14)22(17)20-11)21(15)18(23)12-4-6-24-7-5-12/h8,10,12-13,15H,2-7,9H2,1H3/t13-,15+/m1/s1. The minimum Gasteiger partial charge on any atom is -0.381 e. The van der Waals surface area contributed by atoms with E-state index in [4.69, 9.17) is 4.74 Å². The van der Waals surface area contributed by atoms with Crippen LogP contribution in [0.25, 0.3) is 5.65 Å². The van der Waals surface area contributed by atoms with Crippen LogP contribution in [-0.2, 0) is 16.0 Å². The molecule has 2 atom stereocenters. The van der Waals surface area contributed by atoms with Gasteiger partial charge in [0.15, 0.2) is 5.65 Å². The van der Waals surface area contributed by atoms with E-state index in [1.807, 2.05) is 23.7 Å². The molecule has 2 aromatic heterocycles. The van der Waals surface area contributed by atoms with Crippen LogP contribution >= 0.6 is 0 Å². The van der Waals surface area contributed by atoms with Crippen molar-refractivity contribution in [3.8, 4) is 0 Å². The van der Waals surface area contributed by atoms with Gasteiger partial charge in [0.1, 0.15) is 0 Å². The topological polar surface area (TPSA) is 59.7 Å². The molecule has 1 amide bonds. The predicted octanol–water partition coefficient (Wildman–Crippen LogP) is 2.05. The summed E-state index contributed by atoms with van der Waals surface area (Å²) < 4.78 is 7.41. The maximum absolute atomic E-state index is 13.1. The lowest BCUT2D eigenvalue weighted by Gasteiger charge is -2.38. The average Bonchev–Trinajstić information content (AvgIpc) is 3.14. The zero-order valence-corrected chi connectivity index (χ0v) is 13.9. The van der Waals surface area contributed by atoms with Crippen LogP contribution in [0.4, 0.5) is 0 Å². The third kappa shape index (κ3) is 2.02. The molecule has 3 aliphatic heterocycles. The molecule has 6 nitrogen and oxygen atoms in total. The Kier molecular flexibility index (Phi) is 3.16. The summed E-state index contributed by atoms with van der Waals surface area (Å²) in [7, 11) is 0. The monoisotopic (exact) mass is 326 g/mol. The van der Waals surface area contributed by atoms with Crippen LogP contribution in [0.15, 0.2) is 12.3 Å². The summed E-state index contributed by atoms with van der Waals surface area (Å²) in [5.41, 5.74) is 4.34. The van der Waals surface area contributed by atoms with E-state index in [2.05, 4.69) is 15.0 Å². The maximum atomic E-state index is 13.1. The Morgan fingerprint density at radius 2 is 2.08 bits per heavy atom. The molecule has 5 rings (SSSR count). The van der Waals surface area contributed by atoms with E-state index in [1.165, 1.54) is 11.3 Å². The average molecular weight is 326 g/mol. The van der Waals surface area contributed by atoms with Crippen LogP contribution in [0.5, 0.6) is 0 Å². The van der Waals surface area contributed by atoms with Crippen molar-refractivity contribution in [2.24, 2.45) is 5.92 Å². The fraction of sp³-hybridized carbons (Fsp3) is 0.611. The molecule has 0 spiro atoms. The van der Waals surface area contributed by atoms with Crippen molar-refractivity contribution in [1.29, 1.82) is 0 Å². The molecule has 0 N–H and O–H groups in total. The van der Waals surface area contributed by atoms with E-state index in [-0.39, 0.29) is 12.0 Å². The Labute approximate surface area is 140 Å². The molecule has 2 fully saturated rings. The summed E-state index contributed by atoms with van der Waals surface area (Å²) in [6.07, 6.45) is 6.70. The SMILES string of the molecule is Cc1cc2ncc3c(n2n1)C[C@H]1CC[C@@H]3N1C(=O)C1CCOCC1. The fourth-order valence-corrected chi connectivity index (χ4v) is 4.69. The number of hydrogen-bond donors (Lipinski definition) is 0. The number of carbonyl (C=O) groups is 1. The molecule has 2 aromatic rings. The van der Waals surface area contributed by atoms with Gasteiger partial charge in [-0.05, 0) is 32.6 Å². The molecule has 2 saturated heterocycles. The molecule has 0 unspecified atom stereocenters. The van der Waals surface area contributed by atoms with Crippen molar-refractivity contribution < 1.29 is 9.53 Å². The summed E-state index contributed by atoms with van der Waals surface area (Å²) >= 11 is 0. The first-order valence-electron chi connectivity index (χ1n) is 8.96. The van der Waals surface area contributed by atoms with Gasteiger partial charge in [-0.25, -0.2) is 9.50 Å². The lowest BCUT2D eigenvalue weighted by Crippen LogP contribution is -2.46. The van der Waals surface area contributed by atoms with Gasteiger partial charge in [0, 0.05) is 49.4 Å². The second-order valence-electron chi connectivity index (χ2n) is 7.30. The molecule has 0 aliphatic carbocycles. The van der Waals surface area contributed by atoms with E-state index in [1.54, 1.807) is 0 Å². The molecule has 24 heavy (non-hydrogen) atoms. The Morgan fingerprint density at radius 3 is 2.92 bits per heavy atom. The molecular weight excluding hydrogens is 304 g/mol. The Hall–Kier alpha value is -1.95. The van der Waals surface area contributed by atoms with Crippen molar-refractivity contribution >= 4 is 11.6 Å². The molecule has 3 aliphatic rings. The summed E-state index contributed by atoms with van der Waals surface area (Å²) in [6, 6.07) is 2.50. The Morgan fingerprint density at radius 1 is 1.25 bits per heavy atom. The maximum Gasteiger partial charge on any atom is 0.226 e. The zero-order valence-electron chi connectivity index (χ0n) is 13.9. The number of rotatable bonds is 1. The van der Waals surface area contributed by atoms with E-state index in [0.29, 0.717) is 25.2 Å². The summed E-state index contributed by atoms with van der Waals surface area (Å²) in [4.78, 5) is 19.9. The molecular formula is C18H22N4O2. The van der Waals surface area contributed by atoms with Crippen molar-refractivity contribution in [3.63, 3.8) is 0 Å². The highest BCUT2D eigenvalue weighted by atomic mass is 16.5. The number of ether oxygens (including phenoxy) is 1. The van der Waals surface area contributed by atoms with E-state index in [9.17, 15) is 4.79 Å². The van der Waals surface area contributed by atoms with Gasteiger partial charge in [0.25, 0.3) is 0 Å². The number of aryl methyl sites for hydroxylation is 1. The lowest BCUT2D eigenvalue weighted by atomic mass is 9.93. The first-order valence-corrected chi connectivity index (χ1v) is 8.96. The van der Waals surface area contributed by atoms with Crippen molar-refractivity contribution in [2.45, 2.75) is 51.1 Å². The second kappa shape index (κ2) is 5.28. The molecule has 2 bridgehead atoms. The zero-order chi connectivity index (χ0) is 16.3. The smallest absolute Gasteiger partial charge is 0.226 e. The number of hydrogen-bond acceptors (Lipinski definition) is 4. The molecule has 6 heteroatoms. The molecule has 0 aromatic carbocycles. The van der Waals surface area contributed by atoms with E-state index >= 15 is 0 Å². The van der Waals surface area contributed by atoms with Gasteiger partial charge in [-0.2, -0.15) is 5.10 Å². The number of fused-ring (bicyclic) bond motifs is 6. The first kappa shape index (κ1) is 14.4. The van der Waals surface area contributed by atoms with Crippen LogP contribution in [0.2, 0.25) is 0 Å².